The van der Waals surface area contributed by atoms with E-state index < -0.39 is 46.5 Å². The van der Waals surface area contributed by atoms with Crippen molar-refractivity contribution in [3.63, 3.8) is 0 Å². The molecule has 0 aromatic rings. The summed E-state index contributed by atoms with van der Waals surface area (Å²) in [6.07, 6.45) is 7.67. The van der Waals surface area contributed by atoms with Crippen LogP contribution in [0.5, 0.6) is 0 Å². The first kappa shape index (κ1) is 17.5. The summed E-state index contributed by atoms with van der Waals surface area (Å²) in [5.41, 5.74) is -4.10. The fraction of sp³-hybridized carbons (Fsp3) is 0.375. The van der Waals surface area contributed by atoms with Crippen molar-refractivity contribution >= 4 is 23.9 Å². The van der Waals surface area contributed by atoms with E-state index in [4.69, 9.17) is 10.2 Å². The quantitative estimate of drug-likeness (QED) is 0.429. The van der Waals surface area contributed by atoms with Crippen molar-refractivity contribution in [3.05, 3.63) is 36.5 Å². The average Bonchev–Trinajstić information content (AvgIpc) is 2.54. The van der Waals surface area contributed by atoms with E-state index >= 15 is 0 Å². The van der Waals surface area contributed by atoms with Gasteiger partial charge in [0, 0.05) is 5.92 Å². The van der Waals surface area contributed by atoms with E-state index in [9.17, 15) is 29.4 Å². The van der Waals surface area contributed by atoms with Crippen molar-refractivity contribution in [2.45, 2.75) is 12.8 Å². The molecule has 2 rings (SSSR count). The van der Waals surface area contributed by atoms with Gasteiger partial charge in [-0.2, -0.15) is 0 Å². The number of aliphatic carboxylic acids is 4. The van der Waals surface area contributed by atoms with Gasteiger partial charge in [-0.3, -0.25) is 19.2 Å². The van der Waals surface area contributed by atoms with Gasteiger partial charge in [0.15, 0.2) is 5.41 Å². The third-order valence-corrected chi connectivity index (χ3v) is 4.62. The minimum Gasteiger partial charge on any atom is -0.480 e. The number of rotatable bonds is 5. The average molecular weight is 336 g/mol. The van der Waals surface area contributed by atoms with Crippen molar-refractivity contribution in [2.24, 2.45) is 22.7 Å². The lowest BCUT2D eigenvalue weighted by atomic mass is 9.68. The highest BCUT2D eigenvalue weighted by atomic mass is 16.4. The Balaban J connectivity index is 2.28. The van der Waals surface area contributed by atoms with Gasteiger partial charge in [0.05, 0.1) is 0 Å². The van der Waals surface area contributed by atoms with E-state index in [1.54, 1.807) is 6.08 Å². The zero-order chi connectivity index (χ0) is 18.1. The van der Waals surface area contributed by atoms with Crippen molar-refractivity contribution < 1.29 is 39.6 Å². The fourth-order valence-corrected chi connectivity index (χ4v) is 3.01. The van der Waals surface area contributed by atoms with Gasteiger partial charge in [-0.15, -0.1) is 0 Å². The molecule has 2 aliphatic rings. The first-order valence-electron chi connectivity index (χ1n) is 7.15. The van der Waals surface area contributed by atoms with E-state index in [-0.39, 0.29) is 12.8 Å². The first-order valence-corrected chi connectivity index (χ1v) is 7.15. The number of carboxylic acid groups (broad SMARTS) is 4. The van der Waals surface area contributed by atoms with E-state index in [2.05, 4.69) is 0 Å². The lowest BCUT2D eigenvalue weighted by Gasteiger charge is -2.34. The van der Waals surface area contributed by atoms with Crippen molar-refractivity contribution in [1.29, 1.82) is 0 Å². The van der Waals surface area contributed by atoms with Crippen molar-refractivity contribution in [1.82, 2.24) is 0 Å². The monoisotopic (exact) mass is 336 g/mol. The van der Waals surface area contributed by atoms with Crippen LogP contribution < -0.4 is 0 Å². The van der Waals surface area contributed by atoms with Gasteiger partial charge in [-0.25, -0.2) is 0 Å². The molecular formula is C16H16O8. The summed E-state index contributed by atoms with van der Waals surface area (Å²) in [6.45, 7) is 0. The number of carboxylic acids is 4. The zero-order valence-corrected chi connectivity index (χ0v) is 12.5. The van der Waals surface area contributed by atoms with E-state index in [1.165, 1.54) is 18.2 Å². The molecule has 24 heavy (non-hydrogen) atoms. The fourth-order valence-electron chi connectivity index (χ4n) is 3.01. The second-order valence-electron chi connectivity index (χ2n) is 5.97. The third-order valence-electron chi connectivity index (χ3n) is 4.62. The van der Waals surface area contributed by atoms with Gasteiger partial charge in [-0.1, -0.05) is 36.5 Å². The maximum absolute atomic E-state index is 11.4. The van der Waals surface area contributed by atoms with Crippen LogP contribution in [0.4, 0.5) is 0 Å². The molecule has 0 heterocycles. The smallest absolute Gasteiger partial charge is 0.328 e. The predicted molar refractivity (Wildman–Crippen MR) is 79.0 cm³/mol. The van der Waals surface area contributed by atoms with Crippen molar-refractivity contribution in [3.8, 4) is 0 Å². The normalized spacial score (nSPS) is 24.4. The van der Waals surface area contributed by atoms with E-state index in [0.29, 0.717) is 0 Å². The van der Waals surface area contributed by atoms with E-state index in [0.717, 1.165) is 12.2 Å². The molecule has 0 bridgehead atoms. The Hall–Kier alpha value is -2.90. The number of hydrogen-bond donors (Lipinski definition) is 4. The van der Waals surface area contributed by atoms with Gasteiger partial charge in [0.25, 0.3) is 0 Å². The minimum atomic E-state index is -2.16. The number of hydrogen-bond acceptors (Lipinski definition) is 4. The van der Waals surface area contributed by atoms with Gasteiger partial charge in [0.2, 0.25) is 5.41 Å². The second kappa shape index (κ2) is 5.95. The van der Waals surface area contributed by atoms with Gasteiger partial charge < -0.3 is 20.4 Å². The Bertz CT molecular complexity index is 640. The molecule has 1 atom stereocenters. The standard InChI is InChI=1S/C16H16O8/c17-11(18)15(12(19)20)6-3-9(4-7-15)10-2-1-5-16(8-10,13(21)22)14(23)24/h1-4,6-7,9-10H,5,8H2,(H,17,18)(H,19,20)(H,21,22)(H,23,24). The lowest BCUT2D eigenvalue weighted by Crippen LogP contribution is -2.43. The highest BCUT2D eigenvalue weighted by Crippen LogP contribution is 2.42. The molecule has 8 nitrogen and oxygen atoms in total. The highest BCUT2D eigenvalue weighted by molar-refractivity contribution is 6.03. The maximum atomic E-state index is 11.4. The number of allylic oxidation sites excluding steroid dienone is 4. The Morgan fingerprint density at radius 2 is 1.29 bits per heavy atom. The molecule has 2 aliphatic carbocycles. The molecule has 8 heteroatoms. The Morgan fingerprint density at radius 3 is 1.71 bits per heavy atom. The van der Waals surface area contributed by atoms with Crippen molar-refractivity contribution in [2.75, 3.05) is 0 Å². The summed E-state index contributed by atoms with van der Waals surface area (Å²) in [5.74, 6) is -6.90. The van der Waals surface area contributed by atoms with Crippen LogP contribution in [-0.4, -0.2) is 44.3 Å². The molecule has 0 aliphatic heterocycles. The van der Waals surface area contributed by atoms with Gasteiger partial charge in [-0.05, 0) is 18.8 Å². The van der Waals surface area contributed by atoms with Crippen LogP contribution in [0, 0.1) is 22.7 Å². The molecule has 0 saturated heterocycles. The maximum Gasteiger partial charge on any atom is 0.328 e. The van der Waals surface area contributed by atoms with Crippen LogP contribution in [0.2, 0.25) is 0 Å². The first-order chi connectivity index (χ1) is 11.2. The molecule has 0 aromatic carbocycles. The summed E-state index contributed by atoms with van der Waals surface area (Å²) < 4.78 is 0. The highest BCUT2D eigenvalue weighted by Gasteiger charge is 2.50. The lowest BCUT2D eigenvalue weighted by molar-refractivity contribution is -0.166. The topological polar surface area (TPSA) is 149 Å². The Morgan fingerprint density at radius 1 is 0.792 bits per heavy atom. The molecule has 128 valence electrons. The third kappa shape index (κ3) is 2.60. The molecule has 0 fully saturated rings. The Labute approximate surface area is 136 Å². The molecule has 0 radical (unpaired) electrons. The SMILES string of the molecule is O=C(O)C1(C(=O)O)C=CC(C2C=CCC(C(=O)O)(C(=O)O)C2)C=C1. The van der Waals surface area contributed by atoms with Crippen LogP contribution in [0.15, 0.2) is 36.5 Å². The zero-order valence-electron chi connectivity index (χ0n) is 12.5. The summed E-state index contributed by atoms with van der Waals surface area (Å²) >= 11 is 0. The van der Waals surface area contributed by atoms with Crippen LogP contribution in [0.1, 0.15) is 12.8 Å². The number of carbonyl (C=O) groups is 4. The van der Waals surface area contributed by atoms with Crippen LogP contribution >= 0.6 is 0 Å². The summed E-state index contributed by atoms with van der Waals surface area (Å²) in [5, 5.41) is 36.9. The molecular weight excluding hydrogens is 320 g/mol. The van der Waals surface area contributed by atoms with Crippen LogP contribution in [0.25, 0.3) is 0 Å². The summed E-state index contributed by atoms with van der Waals surface area (Å²) in [6, 6.07) is 0. The molecule has 1 unspecified atom stereocenters. The largest absolute Gasteiger partial charge is 0.480 e. The van der Waals surface area contributed by atoms with Crippen LogP contribution in [0.3, 0.4) is 0 Å². The summed E-state index contributed by atoms with van der Waals surface area (Å²) in [7, 11) is 0. The summed E-state index contributed by atoms with van der Waals surface area (Å²) in [4.78, 5) is 45.3. The predicted octanol–water partition coefficient (Wildman–Crippen LogP) is 1.01. The molecule has 0 aromatic heterocycles. The van der Waals surface area contributed by atoms with E-state index in [1.807, 2.05) is 0 Å². The van der Waals surface area contributed by atoms with Gasteiger partial charge >= 0.3 is 23.9 Å². The molecule has 4 N–H and O–H groups in total. The molecule has 0 spiro atoms. The van der Waals surface area contributed by atoms with Crippen LogP contribution in [-0.2, 0) is 19.2 Å². The Kier molecular flexibility index (Phi) is 4.33. The minimum absolute atomic E-state index is 0.136. The second-order valence-corrected chi connectivity index (χ2v) is 5.97. The van der Waals surface area contributed by atoms with Gasteiger partial charge in [0.1, 0.15) is 0 Å². The molecule has 0 amide bonds. The molecule has 0 saturated carbocycles.